The number of hydrogen-bond donors (Lipinski definition) is 0. The van der Waals surface area contributed by atoms with E-state index >= 15 is 0 Å². The summed E-state index contributed by atoms with van der Waals surface area (Å²) >= 11 is 7.20. The highest BCUT2D eigenvalue weighted by molar-refractivity contribution is 8.04. The summed E-state index contributed by atoms with van der Waals surface area (Å²) in [6.07, 6.45) is 0. The molecule has 6 heteroatoms. The highest BCUT2D eigenvalue weighted by Gasteiger charge is 2.40. The number of amides is 2. The van der Waals surface area contributed by atoms with Crippen LogP contribution >= 0.6 is 23.4 Å². The van der Waals surface area contributed by atoms with Gasteiger partial charge in [0.2, 0.25) is 0 Å². The molecular weight excluding hydrogens is 433 g/mol. The highest BCUT2D eigenvalue weighted by atomic mass is 35.5. The molecule has 0 fully saturated rings. The van der Waals surface area contributed by atoms with Crippen LogP contribution in [0.3, 0.4) is 0 Å². The number of imide groups is 1. The van der Waals surface area contributed by atoms with Crippen molar-refractivity contribution in [2.45, 2.75) is 25.3 Å². The van der Waals surface area contributed by atoms with Gasteiger partial charge in [-0.05, 0) is 55.3 Å². The molecule has 31 heavy (non-hydrogen) atoms. The predicted octanol–water partition coefficient (Wildman–Crippen LogP) is 6.17. The maximum absolute atomic E-state index is 14.2. The van der Waals surface area contributed by atoms with Crippen LogP contribution in [0.25, 0.3) is 5.57 Å². The SMILES string of the molecule is Cc1ccc(C2=C(Sc3ccc(Cl)cc3)C(=O)N(Cc3ccccc3F)C2=O)c(C)c1. The number of thioether (sulfide) groups is 1. The standard InChI is InChI=1S/C25H19ClFNO2S/c1-15-7-12-20(16(2)13-15)22-23(31-19-10-8-18(26)9-11-19)25(30)28(24(22)29)14-17-5-3-4-6-21(17)27/h3-13H,14H2,1-2H3. The van der Waals surface area contributed by atoms with E-state index in [1.165, 1.54) is 17.8 Å². The van der Waals surface area contributed by atoms with Crippen molar-refractivity contribution in [3.05, 3.63) is 105 Å². The summed E-state index contributed by atoms with van der Waals surface area (Å²) < 4.78 is 14.2. The number of carbonyl (C=O) groups excluding carboxylic acids is 2. The van der Waals surface area contributed by atoms with Crippen molar-refractivity contribution < 1.29 is 14.0 Å². The van der Waals surface area contributed by atoms with E-state index in [0.717, 1.165) is 20.9 Å². The van der Waals surface area contributed by atoms with Gasteiger partial charge in [0.05, 0.1) is 17.0 Å². The first-order valence-corrected chi connectivity index (χ1v) is 10.9. The van der Waals surface area contributed by atoms with Crippen LogP contribution in [0, 0.1) is 19.7 Å². The van der Waals surface area contributed by atoms with Gasteiger partial charge >= 0.3 is 0 Å². The van der Waals surface area contributed by atoms with Gasteiger partial charge in [0, 0.05) is 15.5 Å². The van der Waals surface area contributed by atoms with Crippen molar-refractivity contribution in [1.29, 1.82) is 0 Å². The van der Waals surface area contributed by atoms with Gasteiger partial charge < -0.3 is 0 Å². The first kappa shape index (κ1) is 21.3. The van der Waals surface area contributed by atoms with Crippen LogP contribution in [-0.4, -0.2) is 16.7 Å². The Labute approximate surface area is 189 Å². The fourth-order valence-corrected chi connectivity index (χ4v) is 4.67. The largest absolute Gasteiger partial charge is 0.269 e. The summed E-state index contributed by atoms with van der Waals surface area (Å²) in [6, 6.07) is 19.0. The second-order valence-electron chi connectivity index (χ2n) is 7.37. The summed E-state index contributed by atoms with van der Waals surface area (Å²) in [7, 11) is 0. The van der Waals surface area contributed by atoms with E-state index in [-0.39, 0.29) is 6.54 Å². The molecule has 4 rings (SSSR count). The summed E-state index contributed by atoms with van der Waals surface area (Å²) in [5.74, 6) is -1.30. The molecule has 3 aromatic rings. The Bertz CT molecular complexity index is 1220. The normalized spacial score (nSPS) is 14.0. The van der Waals surface area contributed by atoms with E-state index in [0.29, 0.717) is 26.6 Å². The third-order valence-electron chi connectivity index (χ3n) is 5.10. The zero-order valence-electron chi connectivity index (χ0n) is 17.0. The third kappa shape index (κ3) is 4.29. The molecule has 0 aromatic heterocycles. The molecule has 156 valence electrons. The van der Waals surface area contributed by atoms with Gasteiger partial charge in [-0.15, -0.1) is 0 Å². The number of benzene rings is 3. The van der Waals surface area contributed by atoms with E-state index in [9.17, 15) is 14.0 Å². The summed E-state index contributed by atoms with van der Waals surface area (Å²) in [4.78, 5) is 29.0. The van der Waals surface area contributed by atoms with Crippen LogP contribution in [-0.2, 0) is 16.1 Å². The molecule has 0 bridgehead atoms. The molecule has 0 N–H and O–H groups in total. The number of rotatable bonds is 5. The molecule has 1 heterocycles. The fraction of sp³-hybridized carbons (Fsp3) is 0.120. The van der Waals surface area contributed by atoms with E-state index < -0.39 is 17.6 Å². The summed E-state index contributed by atoms with van der Waals surface area (Å²) in [6.45, 7) is 3.77. The maximum atomic E-state index is 14.2. The molecule has 3 nitrogen and oxygen atoms in total. The summed E-state index contributed by atoms with van der Waals surface area (Å²) in [5, 5.41) is 0.586. The topological polar surface area (TPSA) is 37.4 Å². The second kappa shape index (κ2) is 8.69. The zero-order valence-corrected chi connectivity index (χ0v) is 18.6. The molecule has 0 spiro atoms. The van der Waals surface area contributed by atoms with Crippen molar-refractivity contribution in [3.8, 4) is 0 Å². The molecule has 0 unspecified atom stereocenters. The zero-order chi connectivity index (χ0) is 22.1. The van der Waals surface area contributed by atoms with E-state index in [4.69, 9.17) is 11.6 Å². The molecular formula is C25H19ClFNO2S. The second-order valence-corrected chi connectivity index (χ2v) is 8.89. The van der Waals surface area contributed by atoms with Crippen molar-refractivity contribution in [2.75, 3.05) is 0 Å². The Balaban J connectivity index is 1.78. The molecule has 0 aliphatic carbocycles. The van der Waals surface area contributed by atoms with Gasteiger partial charge in [-0.2, -0.15) is 0 Å². The average molecular weight is 452 g/mol. The third-order valence-corrected chi connectivity index (χ3v) is 6.44. The molecule has 0 atom stereocenters. The lowest BCUT2D eigenvalue weighted by molar-refractivity contribution is -0.137. The lowest BCUT2D eigenvalue weighted by atomic mass is 9.99. The average Bonchev–Trinajstić information content (AvgIpc) is 2.96. The minimum Gasteiger partial charge on any atom is -0.269 e. The van der Waals surface area contributed by atoms with Crippen LogP contribution in [0.4, 0.5) is 4.39 Å². The van der Waals surface area contributed by atoms with Crippen LogP contribution in [0.2, 0.25) is 5.02 Å². The lowest BCUT2D eigenvalue weighted by Gasteiger charge is -2.16. The van der Waals surface area contributed by atoms with Gasteiger partial charge in [0.25, 0.3) is 11.8 Å². The van der Waals surface area contributed by atoms with Gasteiger partial charge in [-0.25, -0.2) is 4.39 Å². The van der Waals surface area contributed by atoms with Gasteiger partial charge in [0.15, 0.2) is 0 Å². The van der Waals surface area contributed by atoms with Crippen molar-refractivity contribution in [2.24, 2.45) is 0 Å². The number of halogens is 2. The monoisotopic (exact) mass is 451 g/mol. The van der Waals surface area contributed by atoms with E-state index in [2.05, 4.69) is 0 Å². The van der Waals surface area contributed by atoms with E-state index in [1.807, 2.05) is 32.0 Å². The Morgan fingerprint density at radius 2 is 1.65 bits per heavy atom. The Hall–Kier alpha value is -2.89. The smallest absolute Gasteiger partial charge is 0.268 e. The Morgan fingerprint density at radius 1 is 0.935 bits per heavy atom. The molecule has 3 aromatic carbocycles. The van der Waals surface area contributed by atoms with Crippen molar-refractivity contribution in [1.82, 2.24) is 4.90 Å². The number of carbonyl (C=O) groups is 2. The van der Waals surface area contributed by atoms with Gasteiger partial charge in [-0.3, -0.25) is 14.5 Å². The van der Waals surface area contributed by atoms with Gasteiger partial charge in [0.1, 0.15) is 5.82 Å². The summed E-state index contributed by atoms with van der Waals surface area (Å²) in [5.41, 5.74) is 3.31. The fourth-order valence-electron chi connectivity index (χ4n) is 3.54. The molecule has 0 saturated heterocycles. The molecule has 0 radical (unpaired) electrons. The molecule has 2 amide bonds. The van der Waals surface area contributed by atoms with Crippen LogP contribution in [0.5, 0.6) is 0 Å². The quantitative estimate of drug-likeness (QED) is 0.435. The Kier molecular flexibility index (Phi) is 5.99. The lowest BCUT2D eigenvalue weighted by Crippen LogP contribution is -2.31. The molecule has 1 aliphatic rings. The highest BCUT2D eigenvalue weighted by Crippen LogP contribution is 2.41. The minimum absolute atomic E-state index is 0.122. The molecule has 0 saturated carbocycles. The minimum atomic E-state index is -0.449. The number of aryl methyl sites for hydroxylation is 2. The van der Waals surface area contributed by atoms with Crippen molar-refractivity contribution >= 4 is 40.8 Å². The van der Waals surface area contributed by atoms with Crippen molar-refractivity contribution in [3.63, 3.8) is 0 Å². The number of nitrogens with zero attached hydrogens (tertiary/aromatic N) is 1. The van der Waals surface area contributed by atoms with Crippen LogP contribution < -0.4 is 0 Å². The molecule has 1 aliphatic heterocycles. The van der Waals surface area contributed by atoms with Crippen LogP contribution in [0.1, 0.15) is 22.3 Å². The van der Waals surface area contributed by atoms with Gasteiger partial charge in [-0.1, -0.05) is 65.3 Å². The first-order chi connectivity index (χ1) is 14.8. The Morgan fingerprint density at radius 3 is 2.32 bits per heavy atom. The van der Waals surface area contributed by atoms with Crippen LogP contribution in [0.15, 0.2) is 76.5 Å². The maximum Gasteiger partial charge on any atom is 0.268 e. The predicted molar refractivity (Wildman–Crippen MR) is 122 cm³/mol. The van der Waals surface area contributed by atoms with E-state index in [1.54, 1.807) is 42.5 Å². The first-order valence-electron chi connectivity index (χ1n) is 9.70. The number of hydrogen-bond acceptors (Lipinski definition) is 3.